The van der Waals surface area contributed by atoms with E-state index in [0.29, 0.717) is 0 Å². The molecule has 0 aliphatic rings. The summed E-state index contributed by atoms with van der Waals surface area (Å²) in [6, 6.07) is 4.27. The molecule has 0 aliphatic heterocycles. The van der Waals surface area contributed by atoms with Crippen molar-refractivity contribution >= 4 is 0 Å². The molecule has 3 heteroatoms. The first kappa shape index (κ1) is 11.7. The van der Waals surface area contributed by atoms with Gasteiger partial charge in [-0.1, -0.05) is 6.07 Å². The van der Waals surface area contributed by atoms with Gasteiger partial charge in [-0.05, 0) is 31.4 Å². The standard InChI is InChI=1S/C12H17N3/c1-2-3-4-7-12(15-13)9-11-6-5-8-14-10-11/h5-6,8,10,12,15H,4,7,9,13H2,1H3. The van der Waals surface area contributed by atoms with Crippen LogP contribution < -0.4 is 11.3 Å². The normalized spacial score (nSPS) is 11.6. The zero-order chi connectivity index (χ0) is 10.9. The zero-order valence-corrected chi connectivity index (χ0v) is 9.03. The second-order valence-corrected chi connectivity index (χ2v) is 3.39. The monoisotopic (exact) mass is 203 g/mol. The van der Waals surface area contributed by atoms with E-state index in [1.807, 2.05) is 19.2 Å². The van der Waals surface area contributed by atoms with Gasteiger partial charge < -0.3 is 0 Å². The predicted molar refractivity (Wildman–Crippen MR) is 61.7 cm³/mol. The highest BCUT2D eigenvalue weighted by Gasteiger charge is 2.06. The lowest BCUT2D eigenvalue weighted by Gasteiger charge is -2.13. The highest BCUT2D eigenvalue weighted by molar-refractivity contribution is 5.10. The Bertz CT molecular complexity index is 324. The molecule has 0 saturated heterocycles. The van der Waals surface area contributed by atoms with Crippen LogP contribution in [0.25, 0.3) is 0 Å². The van der Waals surface area contributed by atoms with Gasteiger partial charge in [0.2, 0.25) is 0 Å². The highest BCUT2D eigenvalue weighted by Crippen LogP contribution is 2.05. The predicted octanol–water partition coefficient (Wildman–Crippen LogP) is 1.26. The van der Waals surface area contributed by atoms with Gasteiger partial charge in [-0.15, -0.1) is 11.8 Å². The van der Waals surface area contributed by atoms with Crippen molar-refractivity contribution in [3.05, 3.63) is 30.1 Å². The van der Waals surface area contributed by atoms with Gasteiger partial charge in [0, 0.05) is 24.9 Å². The molecule has 1 aromatic rings. The number of aromatic nitrogens is 1. The molecule has 3 nitrogen and oxygen atoms in total. The number of rotatable bonds is 5. The Morgan fingerprint density at radius 2 is 2.47 bits per heavy atom. The van der Waals surface area contributed by atoms with Crippen LogP contribution in [0.15, 0.2) is 24.5 Å². The molecule has 0 amide bonds. The third-order valence-corrected chi connectivity index (χ3v) is 2.24. The van der Waals surface area contributed by atoms with Crippen LogP contribution in [0.4, 0.5) is 0 Å². The first-order valence-corrected chi connectivity index (χ1v) is 5.11. The van der Waals surface area contributed by atoms with Gasteiger partial charge in [0.1, 0.15) is 0 Å². The van der Waals surface area contributed by atoms with Gasteiger partial charge in [-0.2, -0.15) is 0 Å². The molecule has 15 heavy (non-hydrogen) atoms. The second-order valence-electron chi connectivity index (χ2n) is 3.39. The van der Waals surface area contributed by atoms with E-state index in [2.05, 4.69) is 28.3 Å². The van der Waals surface area contributed by atoms with Gasteiger partial charge in [0.15, 0.2) is 0 Å². The van der Waals surface area contributed by atoms with Crippen molar-refractivity contribution in [1.29, 1.82) is 0 Å². The molecule has 80 valence electrons. The lowest BCUT2D eigenvalue weighted by atomic mass is 10.0. The van der Waals surface area contributed by atoms with Gasteiger partial charge in [-0.25, -0.2) is 0 Å². The summed E-state index contributed by atoms with van der Waals surface area (Å²) in [5.74, 6) is 11.4. The number of nitrogens with two attached hydrogens (primary N) is 1. The van der Waals surface area contributed by atoms with Crippen LogP contribution in [-0.2, 0) is 6.42 Å². The van der Waals surface area contributed by atoms with E-state index in [0.717, 1.165) is 19.3 Å². The summed E-state index contributed by atoms with van der Waals surface area (Å²) in [5.41, 5.74) is 4.01. The minimum atomic E-state index is 0.273. The Morgan fingerprint density at radius 1 is 1.60 bits per heavy atom. The van der Waals surface area contributed by atoms with E-state index in [4.69, 9.17) is 5.84 Å². The fourth-order valence-electron chi connectivity index (χ4n) is 1.42. The van der Waals surface area contributed by atoms with Crippen LogP contribution in [-0.4, -0.2) is 11.0 Å². The van der Waals surface area contributed by atoms with Gasteiger partial charge in [-0.3, -0.25) is 16.3 Å². The van der Waals surface area contributed by atoms with Crippen LogP contribution in [0.2, 0.25) is 0 Å². The highest BCUT2D eigenvalue weighted by atomic mass is 15.2. The second kappa shape index (κ2) is 6.99. The third-order valence-electron chi connectivity index (χ3n) is 2.24. The van der Waals surface area contributed by atoms with Crippen LogP contribution in [0, 0.1) is 11.8 Å². The number of hydrogen-bond acceptors (Lipinski definition) is 3. The van der Waals surface area contributed by atoms with Crippen molar-refractivity contribution < 1.29 is 0 Å². The summed E-state index contributed by atoms with van der Waals surface area (Å²) in [6.45, 7) is 1.85. The topological polar surface area (TPSA) is 50.9 Å². The molecular weight excluding hydrogens is 186 g/mol. The van der Waals surface area contributed by atoms with Crippen molar-refractivity contribution in [2.24, 2.45) is 5.84 Å². The number of pyridine rings is 1. The fourth-order valence-corrected chi connectivity index (χ4v) is 1.42. The van der Waals surface area contributed by atoms with Crippen molar-refractivity contribution in [3.63, 3.8) is 0 Å². The molecule has 1 heterocycles. The molecule has 0 spiro atoms. The summed E-state index contributed by atoms with van der Waals surface area (Å²) in [5, 5.41) is 0. The first-order valence-electron chi connectivity index (χ1n) is 5.11. The number of nitrogens with one attached hydrogen (secondary N) is 1. The van der Waals surface area contributed by atoms with Crippen LogP contribution >= 0.6 is 0 Å². The summed E-state index contributed by atoms with van der Waals surface area (Å²) >= 11 is 0. The Morgan fingerprint density at radius 3 is 3.07 bits per heavy atom. The molecule has 1 rings (SSSR count). The minimum Gasteiger partial charge on any atom is -0.271 e. The molecule has 0 bridgehead atoms. The first-order chi connectivity index (χ1) is 7.36. The van der Waals surface area contributed by atoms with Crippen molar-refractivity contribution in [1.82, 2.24) is 10.4 Å². The van der Waals surface area contributed by atoms with E-state index in [1.54, 1.807) is 6.20 Å². The Labute approximate surface area is 91.1 Å². The summed E-state index contributed by atoms with van der Waals surface area (Å²) in [7, 11) is 0. The Balaban J connectivity index is 2.42. The van der Waals surface area contributed by atoms with E-state index >= 15 is 0 Å². The van der Waals surface area contributed by atoms with E-state index in [-0.39, 0.29) is 6.04 Å². The fraction of sp³-hybridized carbons (Fsp3) is 0.417. The molecule has 0 aromatic carbocycles. The van der Waals surface area contributed by atoms with Crippen LogP contribution in [0.5, 0.6) is 0 Å². The molecule has 1 aromatic heterocycles. The molecule has 3 N–H and O–H groups in total. The molecule has 1 unspecified atom stereocenters. The number of nitrogens with zero attached hydrogens (tertiary/aromatic N) is 1. The minimum absolute atomic E-state index is 0.273. The maximum absolute atomic E-state index is 5.48. The number of hydrazine groups is 1. The van der Waals surface area contributed by atoms with E-state index in [9.17, 15) is 0 Å². The summed E-state index contributed by atoms with van der Waals surface area (Å²) in [4.78, 5) is 4.07. The Hall–Kier alpha value is -1.37. The Kier molecular flexibility index (Phi) is 5.46. The van der Waals surface area contributed by atoms with Crippen LogP contribution in [0.3, 0.4) is 0 Å². The summed E-state index contributed by atoms with van der Waals surface area (Å²) < 4.78 is 0. The maximum Gasteiger partial charge on any atom is 0.0300 e. The van der Waals surface area contributed by atoms with Crippen molar-refractivity contribution in [2.45, 2.75) is 32.2 Å². The van der Waals surface area contributed by atoms with Crippen LogP contribution in [0.1, 0.15) is 25.3 Å². The van der Waals surface area contributed by atoms with E-state index in [1.165, 1.54) is 5.56 Å². The van der Waals surface area contributed by atoms with Gasteiger partial charge >= 0.3 is 0 Å². The molecule has 0 fully saturated rings. The van der Waals surface area contributed by atoms with Gasteiger partial charge in [0.05, 0.1) is 0 Å². The van der Waals surface area contributed by atoms with E-state index < -0.39 is 0 Å². The zero-order valence-electron chi connectivity index (χ0n) is 9.03. The van der Waals surface area contributed by atoms with Crippen molar-refractivity contribution in [2.75, 3.05) is 0 Å². The average molecular weight is 203 g/mol. The molecule has 0 saturated carbocycles. The lowest BCUT2D eigenvalue weighted by molar-refractivity contribution is 0.497. The number of hydrogen-bond donors (Lipinski definition) is 2. The average Bonchev–Trinajstić information content (AvgIpc) is 2.29. The molecular formula is C12H17N3. The van der Waals surface area contributed by atoms with Crippen molar-refractivity contribution in [3.8, 4) is 11.8 Å². The smallest absolute Gasteiger partial charge is 0.0300 e. The molecule has 0 aliphatic carbocycles. The third kappa shape index (κ3) is 4.59. The maximum atomic E-state index is 5.48. The summed E-state index contributed by atoms with van der Waals surface area (Å²) in [6.07, 6.45) is 6.39. The quantitative estimate of drug-likeness (QED) is 0.430. The molecule has 0 radical (unpaired) electrons. The molecule has 1 atom stereocenters. The van der Waals surface area contributed by atoms with Gasteiger partial charge in [0.25, 0.3) is 0 Å². The SMILES string of the molecule is CC#CCCC(Cc1cccnc1)NN. The lowest BCUT2D eigenvalue weighted by Crippen LogP contribution is -2.36. The largest absolute Gasteiger partial charge is 0.271 e.